The van der Waals surface area contributed by atoms with E-state index in [4.69, 9.17) is 37.0 Å². The number of aliphatic hydroxyl groups excluding tert-OH is 1. The van der Waals surface area contributed by atoms with Crippen LogP contribution in [0.3, 0.4) is 0 Å². The molecule has 0 aromatic carbocycles. The Balaban J connectivity index is 5.15. The Morgan fingerprint density at radius 2 is 0.435 bits per heavy atom. The number of hydrogen-bond acceptors (Lipinski definition) is 15. The Morgan fingerprint density at radius 3 is 0.641 bits per heavy atom. The van der Waals surface area contributed by atoms with Crippen LogP contribution in [0, 0.1) is 0 Å². The lowest BCUT2D eigenvalue weighted by molar-refractivity contribution is -0.161. The van der Waals surface area contributed by atoms with E-state index < -0.39 is 97.5 Å². The molecule has 0 saturated carbocycles. The summed E-state index contributed by atoms with van der Waals surface area (Å²) in [5, 5.41) is 10.6. The van der Waals surface area contributed by atoms with Gasteiger partial charge in [0.25, 0.3) is 0 Å². The summed E-state index contributed by atoms with van der Waals surface area (Å²) in [5.41, 5.74) is 0. The molecule has 0 aliphatic rings. The van der Waals surface area contributed by atoms with Gasteiger partial charge in [0.05, 0.1) is 26.4 Å². The van der Waals surface area contributed by atoms with Gasteiger partial charge in [-0.3, -0.25) is 37.3 Å². The average Bonchev–Trinajstić information content (AvgIpc) is 3.39. The molecule has 17 nitrogen and oxygen atoms in total. The molecule has 92 heavy (non-hydrogen) atoms. The van der Waals surface area contributed by atoms with Crippen LogP contribution in [0.5, 0.6) is 0 Å². The number of esters is 4. The molecule has 0 aliphatic carbocycles. The highest BCUT2D eigenvalue weighted by Crippen LogP contribution is 2.45. The van der Waals surface area contributed by atoms with Crippen LogP contribution in [0.4, 0.5) is 0 Å². The maximum Gasteiger partial charge on any atom is 0.472 e. The van der Waals surface area contributed by atoms with Gasteiger partial charge >= 0.3 is 39.5 Å². The van der Waals surface area contributed by atoms with Crippen molar-refractivity contribution in [1.82, 2.24) is 0 Å². The number of hydrogen-bond donors (Lipinski definition) is 3. The molecule has 0 saturated heterocycles. The highest BCUT2D eigenvalue weighted by molar-refractivity contribution is 7.47. The first-order valence-corrected chi connectivity index (χ1v) is 41.3. The van der Waals surface area contributed by atoms with Gasteiger partial charge in [0, 0.05) is 25.7 Å². The Labute approximate surface area is 562 Å². The summed E-state index contributed by atoms with van der Waals surface area (Å²) in [6, 6.07) is 0. The molecule has 19 heteroatoms. The summed E-state index contributed by atoms with van der Waals surface area (Å²) >= 11 is 0. The summed E-state index contributed by atoms with van der Waals surface area (Å²) in [4.78, 5) is 72.5. The number of carbonyl (C=O) groups excluding carboxylic acids is 4. The molecule has 0 rings (SSSR count). The van der Waals surface area contributed by atoms with Gasteiger partial charge in [0.1, 0.15) is 19.3 Å². The molecule has 0 fully saturated rings. The van der Waals surface area contributed by atoms with E-state index in [0.29, 0.717) is 25.7 Å². The molecule has 0 spiro atoms. The third-order valence-electron chi connectivity index (χ3n) is 17.1. The van der Waals surface area contributed by atoms with Gasteiger partial charge in [-0.25, -0.2) is 9.13 Å². The van der Waals surface area contributed by atoms with E-state index in [1.165, 1.54) is 218 Å². The SMILES string of the molecule is CCCCCCCCCCCCCCCCCCCCCCCC(=O)O[C@H](COC(=O)CCCCCCCCCCCCC)COP(=O)(O)OC[C@@H](O)COP(=O)(O)OC[C@@H](COC(=O)CCCCCCCCCCCC)OC(=O)CCCCCCCCCCCC. The number of unbranched alkanes of at least 4 members (excludes halogenated alkanes) is 48. The fourth-order valence-corrected chi connectivity index (χ4v) is 12.8. The van der Waals surface area contributed by atoms with E-state index in [-0.39, 0.29) is 25.7 Å². The van der Waals surface area contributed by atoms with Gasteiger partial charge in [-0.05, 0) is 25.7 Å². The van der Waals surface area contributed by atoms with E-state index in [1.807, 2.05) is 0 Å². The fraction of sp³-hybridized carbons (Fsp3) is 0.945. The van der Waals surface area contributed by atoms with Crippen molar-refractivity contribution >= 4 is 39.5 Å². The molecule has 0 heterocycles. The third kappa shape index (κ3) is 66.7. The van der Waals surface area contributed by atoms with E-state index in [0.717, 1.165) is 89.9 Å². The molecule has 0 bridgehead atoms. The van der Waals surface area contributed by atoms with Crippen molar-refractivity contribution in [3.8, 4) is 0 Å². The third-order valence-corrected chi connectivity index (χ3v) is 19.0. The lowest BCUT2D eigenvalue weighted by Gasteiger charge is -2.21. The lowest BCUT2D eigenvalue weighted by Crippen LogP contribution is -2.30. The largest absolute Gasteiger partial charge is 0.472 e. The average molecular weight is 1350 g/mol. The predicted molar refractivity (Wildman–Crippen MR) is 372 cm³/mol. The maximum absolute atomic E-state index is 13.0. The van der Waals surface area contributed by atoms with Crippen molar-refractivity contribution in [3.63, 3.8) is 0 Å². The standard InChI is InChI=1S/C73H142O17P2/c1-5-9-13-17-21-25-29-30-31-32-33-34-35-36-37-38-40-44-48-52-56-60-73(78)90-69(64-84-71(76)58-54-50-46-43-39-26-22-18-14-10-6-2)66-88-92(81,82)86-62-67(74)61-85-91(79,80)87-65-68(89-72(77)59-55-51-47-42-28-24-20-16-12-8-4)63-83-70(75)57-53-49-45-41-27-23-19-15-11-7-3/h67-69,74H,5-66H2,1-4H3,(H,79,80)(H,81,82)/t67-,68+,69+/m0/s1. The molecule has 2 unspecified atom stereocenters. The molecular formula is C73H142O17P2. The molecule has 0 radical (unpaired) electrons. The van der Waals surface area contributed by atoms with E-state index in [2.05, 4.69) is 27.7 Å². The van der Waals surface area contributed by atoms with Gasteiger partial charge in [-0.2, -0.15) is 0 Å². The smallest absolute Gasteiger partial charge is 0.462 e. The Hall–Kier alpha value is -1.94. The lowest BCUT2D eigenvalue weighted by atomic mass is 10.0. The quantitative estimate of drug-likeness (QED) is 0.0222. The summed E-state index contributed by atoms with van der Waals surface area (Å²) < 4.78 is 68.3. The molecule has 546 valence electrons. The van der Waals surface area contributed by atoms with Crippen molar-refractivity contribution in [2.75, 3.05) is 39.6 Å². The Bertz CT molecular complexity index is 1760. The highest BCUT2D eigenvalue weighted by atomic mass is 31.2. The molecule has 5 atom stereocenters. The van der Waals surface area contributed by atoms with Crippen LogP contribution in [0.15, 0.2) is 0 Å². The van der Waals surface area contributed by atoms with Gasteiger partial charge in [0.2, 0.25) is 0 Å². The first kappa shape index (κ1) is 90.1. The van der Waals surface area contributed by atoms with Gasteiger partial charge in [-0.1, -0.05) is 336 Å². The molecule has 3 N–H and O–H groups in total. The second kappa shape index (κ2) is 67.6. The highest BCUT2D eigenvalue weighted by Gasteiger charge is 2.30. The summed E-state index contributed by atoms with van der Waals surface area (Å²) in [6.07, 6.45) is 56.9. The van der Waals surface area contributed by atoms with Gasteiger partial charge < -0.3 is 33.8 Å². The molecule has 0 aromatic rings. The second-order valence-electron chi connectivity index (χ2n) is 26.3. The number of ether oxygens (including phenoxy) is 4. The number of phosphoric ester groups is 2. The van der Waals surface area contributed by atoms with Crippen molar-refractivity contribution in [3.05, 3.63) is 0 Å². The van der Waals surface area contributed by atoms with Crippen LogP contribution in [0.25, 0.3) is 0 Å². The first-order valence-electron chi connectivity index (χ1n) is 38.3. The monoisotopic (exact) mass is 1350 g/mol. The number of phosphoric acid groups is 2. The topological polar surface area (TPSA) is 237 Å². The number of aliphatic hydroxyl groups is 1. The molecule has 0 aliphatic heterocycles. The fourth-order valence-electron chi connectivity index (χ4n) is 11.2. The van der Waals surface area contributed by atoms with Crippen LogP contribution in [-0.4, -0.2) is 96.7 Å². The van der Waals surface area contributed by atoms with Crippen molar-refractivity contribution in [2.45, 2.75) is 406 Å². The van der Waals surface area contributed by atoms with Crippen LogP contribution in [-0.2, 0) is 65.4 Å². The molecular weight excluding hydrogens is 1210 g/mol. The van der Waals surface area contributed by atoms with Crippen LogP contribution in [0.2, 0.25) is 0 Å². The zero-order valence-electron chi connectivity index (χ0n) is 59.5. The van der Waals surface area contributed by atoms with Crippen LogP contribution >= 0.6 is 15.6 Å². The minimum absolute atomic E-state index is 0.107. The maximum atomic E-state index is 13.0. The summed E-state index contributed by atoms with van der Waals surface area (Å²) in [6.45, 7) is 4.94. The Morgan fingerprint density at radius 1 is 0.261 bits per heavy atom. The number of rotatable bonds is 74. The van der Waals surface area contributed by atoms with Gasteiger partial charge in [0.15, 0.2) is 12.2 Å². The van der Waals surface area contributed by atoms with E-state index in [1.54, 1.807) is 0 Å². The van der Waals surface area contributed by atoms with Crippen LogP contribution < -0.4 is 0 Å². The summed E-state index contributed by atoms with van der Waals surface area (Å²) in [7, 11) is -9.90. The Kier molecular flexibility index (Phi) is 66.2. The van der Waals surface area contributed by atoms with Crippen LogP contribution in [0.1, 0.15) is 387 Å². The number of carbonyl (C=O) groups is 4. The van der Waals surface area contributed by atoms with Gasteiger partial charge in [-0.15, -0.1) is 0 Å². The van der Waals surface area contributed by atoms with Crippen molar-refractivity contribution in [2.24, 2.45) is 0 Å². The zero-order chi connectivity index (χ0) is 67.5. The second-order valence-corrected chi connectivity index (χ2v) is 29.2. The minimum Gasteiger partial charge on any atom is -0.462 e. The minimum atomic E-state index is -4.95. The van der Waals surface area contributed by atoms with Crippen molar-refractivity contribution < 1.29 is 80.2 Å². The zero-order valence-corrected chi connectivity index (χ0v) is 61.3. The first-order chi connectivity index (χ1) is 44.7. The molecule has 0 aromatic heterocycles. The normalized spacial score (nSPS) is 13.9. The van der Waals surface area contributed by atoms with E-state index in [9.17, 15) is 43.2 Å². The predicted octanol–water partition coefficient (Wildman–Crippen LogP) is 21.4. The van der Waals surface area contributed by atoms with Crippen molar-refractivity contribution in [1.29, 1.82) is 0 Å². The van der Waals surface area contributed by atoms with E-state index >= 15 is 0 Å². The summed E-state index contributed by atoms with van der Waals surface area (Å²) in [5.74, 6) is -2.12. The molecule has 0 amide bonds.